The van der Waals surface area contributed by atoms with Crippen LogP contribution < -0.4 is 0 Å². The van der Waals surface area contributed by atoms with E-state index in [0.29, 0.717) is 5.89 Å². The Bertz CT molecular complexity index is 414. The Morgan fingerprint density at radius 1 is 1.43 bits per heavy atom. The molecule has 0 aliphatic carbocycles. The van der Waals surface area contributed by atoms with Gasteiger partial charge in [0.2, 0.25) is 5.89 Å². The van der Waals surface area contributed by atoms with Crippen LogP contribution in [0.2, 0.25) is 0 Å². The van der Waals surface area contributed by atoms with Gasteiger partial charge in [0.05, 0.1) is 0 Å². The summed E-state index contributed by atoms with van der Waals surface area (Å²) >= 11 is 1.73. The van der Waals surface area contributed by atoms with Crippen LogP contribution in [0.3, 0.4) is 0 Å². The molecule has 14 heavy (non-hydrogen) atoms. The summed E-state index contributed by atoms with van der Waals surface area (Å²) in [6.07, 6.45) is 1.90. The molecule has 0 saturated carbocycles. The van der Waals surface area contributed by atoms with E-state index in [1.54, 1.807) is 11.8 Å². The maximum absolute atomic E-state index is 5.50. The highest BCUT2D eigenvalue weighted by atomic mass is 32.2. The molecular weight excluding hydrogens is 194 g/mol. The van der Waals surface area contributed by atoms with Gasteiger partial charge in [-0.05, 0) is 23.3 Å². The molecule has 0 atom stereocenters. The Morgan fingerprint density at radius 2 is 2.29 bits per heavy atom. The zero-order chi connectivity index (χ0) is 9.80. The maximum Gasteiger partial charge on any atom is 0.220 e. The lowest BCUT2D eigenvalue weighted by atomic mass is 10.3. The molecule has 72 valence electrons. The number of fused-ring (bicyclic) bond motifs is 1. The highest BCUT2D eigenvalue weighted by Crippen LogP contribution is 2.16. The van der Waals surface area contributed by atoms with E-state index in [1.165, 1.54) is 0 Å². The van der Waals surface area contributed by atoms with Crippen molar-refractivity contribution in [2.75, 3.05) is 5.75 Å². The van der Waals surface area contributed by atoms with Gasteiger partial charge in [-0.15, -0.1) is 11.8 Å². The van der Waals surface area contributed by atoms with Crippen molar-refractivity contribution in [2.45, 2.75) is 6.92 Å². The summed E-state index contributed by atoms with van der Waals surface area (Å²) in [4.78, 5) is 4.32. The van der Waals surface area contributed by atoms with Gasteiger partial charge in [0.15, 0.2) is 5.58 Å². The van der Waals surface area contributed by atoms with Crippen LogP contribution in [0.4, 0.5) is 0 Å². The molecule has 0 fully saturated rings. The summed E-state index contributed by atoms with van der Waals surface area (Å²) in [6.45, 7) is 2.11. The van der Waals surface area contributed by atoms with Gasteiger partial charge in [0.25, 0.3) is 0 Å². The van der Waals surface area contributed by atoms with Crippen LogP contribution in [-0.4, -0.2) is 10.7 Å². The van der Waals surface area contributed by atoms with Crippen LogP contribution >= 0.6 is 11.8 Å². The molecule has 0 radical (unpaired) electrons. The van der Waals surface area contributed by atoms with Gasteiger partial charge in [-0.25, -0.2) is 4.98 Å². The molecule has 0 unspecified atom stereocenters. The highest BCUT2D eigenvalue weighted by Gasteiger charge is 1.99. The minimum Gasteiger partial charge on any atom is -0.437 e. The first kappa shape index (κ1) is 9.34. The number of hydrogen-bond acceptors (Lipinski definition) is 3. The van der Waals surface area contributed by atoms with Crippen molar-refractivity contribution in [1.82, 2.24) is 4.98 Å². The first-order chi connectivity index (χ1) is 6.90. The predicted molar refractivity (Wildman–Crippen MR) is 61.2 cm³/mol. The minimum atomic E-state index is 0.673. The molecule has 1 heterocycles. The lowest BCUT2D eigenvalue weighted by Gasteiger charge is -1.82. The molecule has 0 saturated heterocycles. The van der Waals surface area contributed by atoms with E-state index < -0.39 is 0 Å². The number of nitrogens with zero attached hydrogens (tertiary/aromatic N) is 1. The van der Waals surface area contributed by atoms with Crippen molar-refractivity contribution in [3.63, 3.8) is 0 Å². The molecule has 2 rings (SSSR count). The van der Waals surface area contributed by atoms with Gasteiger partial charge in [0.1, 0.15) is 5.52 Å². The fraction of sp³-hybridized carbons (Fsp3) is 0.182. The SMILES string of the molecule is CCSC=Cc1nc2ccccc2o1. The second-order valence-electron chi connectivity index (χ2n) is 2.78. The van der Waals surface area contributed by atoms with Crippen molar-refractivity contribution in [1.29, 1.82) is 0 Å². The average molecular weight is 205 g/mol. The van der Waals surface area contributed by atoms with E-state index in [2.05, 4.69) is 11.9 Å². The Hall–Kier alpha value is -1.22. The molecule has 0 aliphatic rings. The number of rotatable bonds is 3. The van der Waals surface area contributed by atoms with Crippen molar-refractivity contribution < 1.29 is 4.42 Å². The Labute approximate surface area is 87.0 Å². The standard InChI is InChI=1S/C11H11NOS/c1-2-14-8-7-11-12-9-5-3-4-6-10(9)13-11/h3-8H,2H2,1H3. The lowest BCUT2D eigenvalue weighted by Crippen LogP contribution is -1.68. The number of para-hydroxylation sites is 2. The van der Waals surface area contributed by atoms with Crippen LogP contribution in [0.5, 0.6) is 0 Å². The Balaban J connectivity index is 2.27. The molecule has 0 aliphatic heterocycles. The first-order valence-electron chi connectivity index (χ1n) is 4.54. The lowest BCUT2D eigenvalue weighted by molar-refractivity contribution is 0.589. The average Bonchev–Trinajstić information content (AvgIpc) is 2.60. The highest BCUT2D eigenvalue weighted by molar-refractivity contribution is 8.02. The van der Waals surface area contributed by atoms with E-state index in [4.69, 9.17) is 4.42 Å². The van der Waals surface area contributed by atoms with Gasteiger partial charge in [-0.1, -0.05) is 19.1 Å². The van der Waals surface area contributed by atoms with Crippen LogP contribution in [-0.2, 0) is 0 Å². The molecule has 0 bridgehead atoms. The van der Waals surface area contributed by atoms with Gasteiger partial charge < -0.3 is 4.42 Å². The molecule has 2 aromatic rings. The van der Waals surface area contributed by atoms with Crippen molar-refractivity contribution in [3.8, 4) is 0 Å². The molecule has 3 heteroatoms. The molecule has 0 N–H and O–H groups in total. The van der Waals surface area contributed by atoms with Gasteiger partial charge in [0, 0.05) is 6.08 Å². The molecular formula is C11H11NOS. The first-order valence-corrected chi connectivity index (χ1v) is 5.59. The Kier molecular flexibility index (Phi) is 2.89. The fourth-order valence-electron chi connectivity index (χ4n) is 1.16. The summed E-state index contributed by atoms with van der Waals surface area (Å²) in [7, 11) is 0. The second kappa shape index (κ2) is 4.33. The van der Waals surface area contributed by atoms with E-state index >= 15 is 0 Å². The molecule has 1 aromatic carbocycles. The minimum absolute atomic E-state index is 0.673. The number of thioether (sulfide) groups is 1. The van der Waals surface area contributed by atoms with Crippen LogP contribution in [0.25, 0.3) is 17.2 Å². The zero-order valence-electron chi connectivity index (χ0n) is 7.93. The summed E-state index contributed by atoms with van der Waals surface area (Å²) in [6, 6.07) is 7.77. The van der Waals surface area contributed by atoms with E-state index in [-0.39, 0.29) is 0 Å². The molecule has 0 amide bonds. The third-order valence-corrected chi connectivity index (χ3v) is 2.45. The topological polar surface area (TPSA) is 26.0 Å². The number of oxazole rings is 1. The van der Waals surface area contributed by atoms with Crippen molar-refractivity contribution >= 4 is 28.9 Å². The summed E-state index contributed by atoms with van der Waals surface area (Å²) < 4.78 is 5.50. The van der Waals surface area contributed by atoms with E-state index in [0.717, 1.165) is 16.9 Å². The molecule has 2 nitrogen and oxygen atoms in total. The Morgan fingerprint density at radius 3 is 3.07 bits per heavy atom. The van der Waals surface area contributed by atoms with Gasteiger partial charge in [-0.2, -0.15) is 0 Å². The molecule has 1 aromatic heterocycles. The summed E-state index contributed by atoms with van der Waals surface area (Å²) in [5.41, 5.74) is 1.75. The fourth-order valence-corrected chi connectivity index (χ4v) is 1.57. The van der Waals surface area contributed by atoms with Crippen LogP contribution in [0, 0.1) is 0 Å². The third-order valence-electron chi connectivity index (χ3n) is 1.78. The third kappa shape index (κ3) is 1.99. The second-order valence-corrected chi connectivity index (χ2v) is 3.96. The van der Waals surface area contributed by atoms with Gasteiger partial charge in [-0.3, -0.25) is 0 Å². The molecule has 0 spiro atoms. The van der Waals surface area contributed by atoms with Gasteiger partial charge >= 0.3 is 0 Å². The normalized spacial score (nSPS) is 11.5. The number of benzene rings is 1. The summed E-state index contributed by atoms with van der Waals surface area (Å²) in [5.74, 6) is 1.74. The smallest absolute Gasteiger partial charge is 0.220 e. The predicted octanol–water partition coefficient (Wildman–Crippen LogP) is 3.55. The van der Waals surface area contributed by atoms with E-state index in [1.807, 2.05) is 35.7 Å². The quantitative estimate of drug-likeness (QED) is 0.766. The van der Waals surface area contributed by atoms with Crippen LogP contribution in [0.15, 0.2) is 34.1 Å². The largest absolute Gasteiger partial charge is 0.437 e. The summed E-state index contributed by atoms with van der Waals surface area (Å²) in [5, 5.41) is 2.00. The van der Waals surface area contributed by atoms with Crippen molar-refractivity contribution in [2.24, 2.45) is 0 Å². The number of aromatic nitrogens is 1. The zero-order valence-corrected chi connectivity index (χ0v) is 8.75. The number of hydrogen-bond donors (Lipinski definition) is 0. The van der Waals surface area contributed by atoms with E-state index in [9.17, 15) is 0 Å². The maximum atomic E-state index is 5.50. The monoisotopic (exact) mass is 205 g/mol. The van der Waals surface area contributed by atoms with Crippen molar-refractivity contribution in [3.05, 3.63) is 35.6 Å². The van der Waals surface area contributed by atoms with Crippen LogP contribution in [0.1, 0.15) is 12.8 Å².